The quantitative estimate of drug-likeness (QED) is 0.766. The maximum Gasteiger partial charge on any atom is 0.259 e. The number of hydrogen-bond acceptors (Lipinski definition) is 4. The summed E-state index contributed by atoms with van der Waals surface area (Å²) in [6, 6.07) is 0. The Bertz CT molecular complexity index is 338. The van der Waals surface area contributed by atoms with Crippen molar-refractivity contribution in [3.8, 4) is 0 Å². The largest absolute Gasteiger partial charge is 0.366 e. The first-order valence-electron chi connectivity index (χ1n) is 4.89. The predicted octanol–water partition coefficient (Wildman–Crippen LogP) is 0.410. The average Bonchev–Trinajstić information content (AvgIpc) is 2.80. The second-order valence-electron chi connectivity index (χ2n) is 4.67. The zero-order valence-electron chi connectivity index (χ0n) is 9.24. The molecule has 0 aromatic carbocycles. The van der Waals surface area contributed by atoms with Crippen LogP contribution in [-0.2, 0) is 19.6 Å². The van der Waals surface area contributed by atoms with E-state index in [4.69, 9.17) is 4.74 Å². The number of carbonyl (C=O) groups excluding carboxylic acids is 1. The summed E-state index contributed by atoms with van der Waals surface area (Å²) in [6.45, 7) is 5.18. The summed E-state index contributed by atoms with van der Waals surface area (Å²) in [7, 11) is -3.43. The fourth-order valence-corrected chi connectivity index (χ4v) is 2.23. The average molecular weight is 235 g/mol. The summed E-state index contributed by atoms with van der Waals surface area (Å²) in [6.07, 6.45) is 1.28. The Morgan fingerprint density at radius 3 is 2.33 bits per heavy atom. The molecule has 0 aliphatic heterocycles. The minimum atomic E-state index is -3.43. The summed E-state index contributed by atoms with van der Waals surface area (Å²) < 4.78 is 29.8. The number of nitrogens with one attached hydrogen (secondary N) is 1. The van der Waals surface area contributed by atoms with Crippen molar-refractivity contribution < 1.29 is 17.9 Å². The molecule has 0 radical (unpaired) electrons. The van der Waals surface area contributed by atoms with Gasteiger partial charge in [0.25, 0.3) is 5.91 Å². The third-order valence-corrected chi connectivity index (χ3v) is 3.72. The molecule has 1 N–H and O–H groups in total. The molecule has 0 heterocycles. The zero-order valence-corrected chi connectivity index (χ0v) is 10.1. The van der Waals surface area contributed by atoms with Gasteiger partial charge in [0, 0.05) is 0 Å². The minimum absolute atomic E-state index is 0.227. The molecule has 6 heteroatoms. The first kappa shape index (κ1) is 12.4. The van der Waals surface area contributed by atoms with Crippen LogP contribution in [0.4, 0.5) is 0 Å². The van der Waals surface area contributed by atoms with Crippen molar-refractivity contribution in [2.45, 2.75) is 44.5 Å². The molecular weight excluding hydrogens is 218 g/mol. The van der Waals surface area contributed by atoms with E-state index in [1.165, 1.54) is 0 Å². The maximum atomic E-state index is 11.3. The molecule has 0 unspecified atom stereocenters. The van der Waals surface area contributed by atoms with Crippen molar-refractivity contribution in [3.63, 3.8) is 0 Å². The summed E-state index contributed by atoms with van der Waals surface area (Å²) in [5, 5.41) is -0.379. The molecule has 0 aromatic heterocycles. The standard InChI is InChI=1S/C9H17NO4S/c1-9(2,3)14-6-8(11)10-15(12,13)7-4-5-7/h7H,4-6H2,1-3H3,(H,10,11). The monoisotopic (exact) mass is 235 g/mol. The molecule has 1 aliphatic rings. The highest BCUT2D eigenvalue weighted by Gasteiger charge is 2.36. The van der Waals surface area contributed by atoms with E-state index in [1.807, 2.05) is 4.72 Å². The van der Waals surface area contributed by atoms with Crippen molar-refractivity contribution in [1.82, 2.24) is 4.72 Å². The molecular formula is C9H17NO4S. The number of sulfonamides is 1. The van der Waals surface area contributed by atoms with Crippen molar-refractivity contribution in [2.24, 2.45) is 0 Å². The molecule has 1 aliphatic carbocycles. The number of ether oxygens (including phenoxy) is 1. The van der Waals surface area contributed by atoms with Gasteiger partial charge in [0.2, 0.25) is 10.0 Å². The van der Waals surface area contributed by atoms with E-state index in [1.54, 1.807) is 20.8 Å². The topological polar surface area (TPSA) is 72.5 Å². The van der Waals surface area contributed by atoms with Gasteiger partial charge < -0.3 is 4.74 Å². The van der Waals surface area contributed by atoms with Gasteiger partial charge in [0.1, 0.15) is 6.61 Å². The minimum Gasteiger partial charge on any atom is -0.366 e. The van der Waals surface area contributed by atoms with Crippen LogP contribution in [0, 0.1) is 0 Å². The van der Waals surface area contributed by atoms with Crippen LogP contribution in [0.2, 0.25) is 0 Å². The highest BCUT2D eigenvalue weighted by molar-refractivity contribution is 7.90. The zero-order chi connectivity index (χ0) is 11.7. The van der Waals surface area contributed by atoms with Crippen LogP contribution >= 0.6 is 0 Å². The second kappa shape index (κ2) is 4.09. The normalized spacial score (nSPS) is 17.5. The molecule has 1 fully saturated rings. The van der Waals surface area contributed by atoms with Crippen LogP contribution < -0.4 is 4.72 Å². The Morgan fingerprint density at radius 2 is 1.93 bits per heavy atom. The smallest absolute Gasteiger partial charge is 0.259 e. The molecule has 5 nitrogen and oxygen atoms in total. The lowest BCUT2D eigenvalue weighted by atomic mass is 10.2. The molecule has 0 saturated heterocycles. The third-order valence-electron chi connectivity index (χ3n) is 1.86. The van der Waals surface area contributed by atoms with Gasteiger partial charge in [-0.25, -0.2) is 8.42 Å². The van der Waals surface area contributed by atoms with E-state index >= 15 is 0 Å². The van der Waals surface area contributed by atoms with Crippen LogP contribution in [0.3, 0.4) is 0 Å². The lowest BCUT2D eigenvalue weighted by Crippen LogP contribution is -2.37. The Balaban J connectivity index is 2.36. The van der Waals surface area contributed by atoms with E-state index in [0.717, 1.165) is 0 Å². The molecule has 0 aromatic rings. The summed E-state index contributed by atoms with van der Waals surface area (Å²) >= 11 is 0. The molecule has 88 valence electrons. The highest BCUT2D eigenvalue weighted by atomic mass is 32.2. The Kier molecular flexibility index (Phi) is 3.40. The molecule has 0 spiro atoms. The van der Waals surface area contributed by atoms with Crippen molar-refractivity contribution in [1.29, 1.82) is 0 Å². The van der Waals surface area contributed by atoms with Gasteiger partial charge in [-0.05, 0) is 33.6 Å². The van der Waals surface area contributed by atoms with E-state index < -0.39 is 21.5 Å². The van der Waals surface area contributed by atoms with Gasteiger partial charge >= 0.3 is 0 Å². The van der Waals surface area contributed by atoms with Crippen molar-refractivity contribution in [2.75, 3.05) is 6.61 Å². The van der Waals surface area contributed by atoms with E-state index in [0.29, 0.717) is 12.8 Å². The predicted molar refractivity (Wildman–Crippen MR) is 55.8 cm³/mol. The maximum absolute atomic E-state index is 11.3. The Morgan fingerprint density at radius 1 is 1.40 bits per heavy atom. The SMILES string of the molecule is CC(C)(C)OCC(=O)NS(=O)(=O)C1CC1. The van der Waals surface area contributed by atoms with Crippen molar-refractivity contribution >= 4 is 15.9 Å². The van der Waals surface area contributed by atoms with Crippen LogP contribution in [0.5, 0.6) is 0 Å². The first-order chi connectivity index (χ1) is 6.71. The summed E-state index contributed by atoms with van der Waals surface area (Å²) in [5.41, 5.74) is -0.444. The fourth-order valence-electron chi connectivity index (χ4n) is 0.932. The Hall–Kier alpha value is -0.620. The summed E-state index contributed by atoms with van der Waals surface area (Å²) in [5.74, 6) is -0.600. The van der Waals surface area contributed by atoms with Gasteiger partial charge in [-0.2, -0.15) is 0 Å². The summed E-state index contributed by atoms with van der Waals surface area (Å²) in [4.78, 5) is 11.2. The van der Waals surface area contributed by atoms with Crippen LogP contribution in [-0.4, -0.2) is 31.8 Å². The molecule has 0 bridgehead atoms. The molecule has 1 amide bonds. The second-order valence-corrected chi connectivity index (χ2v) is 6.63. The van der Waals surface area contributed by atoms with Gasteiger partial charge in [0.15, 0.2) is 0 Å². The van der Waals surface area contributed by atoms with Gasteiger partial charge in [-0.3, -0.25) is 9.52 Å². The number of rotatable bonds is 4. The van der Waals surface area contributed by atoms with Gasteiger partial charge in [0.05, 0.1) is 10.9 Å². The Labute approximate surface area is 90.2 Å². The highest BCUT2D eigenvalue weighted by Crippen LogP contribution is 2.27. The van der Waals surface area contributed by atoms with Crippen LogP contribution in [0.15, 0.2) is 0 Å². The fraction of sp³-hybridized carbons (Fsp3) is 0.889. The first-order valence-corrected chi connectivity index (χ1v) is 6.44. The van der Waals surface area contributed by atoms with Gasteiger partial charge in [-0.1, -0.05) is 0 Å². The van der Waals surface area contributed by atoms with E-state index in [2.05, 4.69) is 0 Å². The molecule has 15 heavy (non-hydrogen) atoms. The van der Waals surface area contributed by atoms with Crippen molar-refractivity contribution in [3.05, 3.63) is 0 Å². The molecule has 1 saturated carbocycles. The number of carbonyl (C=O) groups is 1. The lowest BCUT2D eigenvalue weighted by molar-refractivity contribution is -0.128. The van der Waals surface area contributed by atoms with Crippen LogP contribution in [0.1, 0.15) is 33.6 Å². The molecule has 1 rings (SSSR count). The lowest BCUT2D eigenvalue weighted by Gasteiger charge is -2.18. The number of amides is 1. The number of hydrogen-bond donors (Lipinski definition) is 1. The molecule has 0 atom stereocenters. The van der Waals surface area contributed by atoms with Crippen LogP contribution in [0.25, 0.3) is 0 Å². The van der Waals surface area contributed by atoms with Gasteiger partial charge in [-0.15, -0.1) is 0 Å². The van der Waals surface area contributed by atoms with E-state index in [-0.39, 0.29) is 11.9 Å². The van der Waals surface area contributed by atoms with E-state index in [9.17, 15) is 13.2 Å². The third kappa shape index (κ3) is 4.61.